The molecule has 0 N–H and O–H groups in total. The minimum absolute atomic E-state index is 0.641. The monoisotopic (exact) mass is 615 g/mol. The number of hydrogen-bond donors (Lipinski definition) is 0. The number of benzene rings is 7. The maximum atomic E-state index is 7.71. The standard InChI is InChI=1S/C43H25N3S/c1-44-28-20-23-32-34-24-25-38-41(42(34)46(39(32)26-28)29-10-3-2-4-11-29)36-13-5-7-16-37(36)45(38)30-21-18-27(19-22-30)31-14-9-15-35-33-12-6-8-17-40(33)47-43(31)35/h2-26H. The van der Waals surface area contributed by atoms with Crippen LogP contribution in [-0.2, 0) is 0 Å². The van der Waals surface area contributed by atoms with Crippen LogP contribution in [0.2, 0.25) is 0 Å². The van der Waals surface area contributed by atoms with Gasteiger partial charge in [-0.3, -0.25) is 0 Å². The highest BCUT2D eigenvalue weighted by molar-refractivity contribution is 7.26. The summed E-state index contributed by atoms with van der Waals surface area (Å²) in [6.45, 7) is 7.71. The van der Waals surface area contributed by atoms with E-state index in [0.29, 0.717) is 5.69 Å². The van der Waals surface area contributed by atoms with E-state index in [4.69, 9.17) is 6.57 Å². The number of hydrogen-bond acceptors (Lipinski definition) is 1. The first-order valence-electron chi connectivity index (χ1n) is 15.7. The van der Waals surface area contributed by atoms with Gasteiger partial charge in [0.25, 0.3) is 0 Å². The predicted octanol–water partition coefficient (Wildman–Crippen LogP) is 12.5. The zero-order valence-electron chi connectivity index (χ0n) is 25.2. The van der Waals surface area contributed by atoms with E-state index in [1.807, 2.05) is 29.5 Å². The first kappa shape index (κ1) is 26.1. The summed E-state index contributed by atoms with van der Waals surface area (Å²) < 4.78 is 7.39. The van der Waals surface area contributed by atoms with Gasteiger partial charge < -0.3 is 9.13 Å². The van der Waals surface area contributed by atoms with Gasteiger partial charge in [-0.05, 0) is 59.7 Å². The molecule has 0 saturated carbocycles. The SMILES string of the molecule is [C-]#[N+]c1ccc2c3ccc4c(c5ccccc5n4-c4ccc(-c5cccc6c5sc5ccccc56)cc4)c3n(-c3ccccc3)c2c1. The van der Waals surface area contributed by atoms with E-state index >= 15 is 0 Å². The zero-order valence-corrected chi connectivity index (χ0v) is 26.0. The fraction of sp³-hybridized carbons (Fsp3) is 0. The molecule has 0 aliphatic carbocycles. The predicted molar refractivity (Wildman–Crippen MR) is 200 cm³/mol. The lowest BCUT2D eigenvalue weighted by atomic mass is 10.0. The molecule has 47 heavy (non-hydrogen) atoms. The Hall–Kier alpha value is -6.15. The highest BCUT2D eigenvalue weighted by Gasteiger charge is 2.21. The Morgan fingerprint density at radius 2 is 1.21 bits per heavy atom. The van der Waals surface area contributed by atoms with Gasteiger partial charge in [0.15, 0.2) is 5.69 Å². The maximum Gasteiger partial charge on any atom is 0.189 e. The lowest BCUT2D eigenvalue weighted by molar-refractivity contribution is 1.17. The van der Waals surface area contributed by atoms with E-state index in [2.05, 4.69) is 147 Å². The van der Waals surface area contributed by atoms with Crippen molar-refractivity contribution in [1.82, 2.24) is 9.13 Å². The largest absolute Gasteiger partial charge is 0.310 e. The molecule has 0 atom stereocenters. The van der Waals surface area contributed by atoms with Gasteiger partial charge in [0, 0.05) is 58.6 Å². The second kappa shape index (κ2) is 9.92. The molecule has 218 valence electrons. The smallest absolute Gasteiger partial charge is 0.189 e. The first-order valence-corrected chi connectivity index (χ1v) is 16.5. The van der Waals surface area contributed by atoms with Crippen LogP contribution in [0.3, 0.4) is 0 Å². The summed E-state index contributed by atoms with van der Waals surface area (Å²) in [7, 11) is 0. The van der Waals surface area contributed by atoms with Gasteiger partial charge in [-0.2, -0.15) is 0 Å². The van der Waals surface area contributed by atoms with Crippen molar-refractivity contribution in [2.75, 3.05) is 0 Å². The Balaban J connectivity index is 1.24. The van der Waals surface area contributed by atoms with Crippen molar-refractivity contribution in [3.05, 3.63) is 163 Å². The van der Waals surface area contributed by atoms with Gasteiger partial charge in [0.1, 0.15) is 0 Å². The normalized spacial score (nSPS) is 11.8. The Kier molecular flexibility index (Phi) is 5.51. The summed E-state index contributed by atoms with van der Waals surface area (Å²) in [5, 5.41) is 7.38. The maximum absolute atomic E-state index is 7.71. The van der Waals surface area contributed by atoms with Crippen molar-refractivity contribution >= 4 is 80.8 Å². The number of nitrogens with zero attached hydrogens (tertiary/aromatic N) is 3. The van der Waals surface area contributed by atoms with Crippen LogP contribution in [0.15, 0.2) is 152 Å². The number of fused-ring (bicyclic) bond motifs is 10. The number of rotatable bonds is 3. The average molecular weight is 616 g/mol. The van der Waals surface area contributed by atoms with E-state index in [9.17, 15) is 0 Å². The quantitative estimate of drug-likeness (QED) is 0.176. The molecule has 10 aromatic rings. The molecule has 4 heteroatoms. The molecule has 0 fully saturated rings. The van der Waals surface area contributed by atoms with Crippen LogP contribution in [-0.4, -0.2) is 9.13 Å². The van der Waals surface area contributed by atoms with Gasteiger partial charge in [-0.25, -0.2) is 4.85 Å². The molecule has 0 aliphatic rings. The van der Waals surface area contributed by atoms with Crippen molar-refractivity contribution in [3.63, 3.8) is 0 Å². The Morgan fingerprint density at radius 3 is 2.06 bits per heavy atom. The van der Waals surface area contributed by atoms with Crippen molar-refractivity contribution in [2.24, 2.45) is 0 Å². The van der Waals surface area contributed by atoms with Crippen molar-refractivity contribution < 1.29 is 0 Å². The van der Waals surface area contributed by atoms with Crippen LogP contribution in [0.25, 0.3) is 91.1 Å². The van der Waals surface area contributed by atoms with Crippen LogP contribution in [0.1, 0.15) is 0 Å². The molecule has 0 spiro atoms. The Labute approximate surface area is 274 Å². The van der Waals surface area contributed by atoms with E-state index in [0.717, 1.165) is 33.3 Å². The van der Waals surface area contributed by atoms with Crippen LogP contribution < -0.4 is 0 Å². The average Bonchev–Trinajstić information content (AvgIpc) is 3.79. The van der Waals surface area contributed by atoms with Gasteiger partial charge in [0.05, 0.1) is 23.1 Å². The second-order valence-electron chi connectivity index (χ2n) is 12.0. The highest BCUT2D eigenvalue weighted by atomic mass is 32.1. The summed E-state index contributed by atoms with van der Waals surface area (Å²) in [6.07, 6.45) is 0. The summed E-state index contributed by atoms with van der Waals surface area (Å²) >= 11 is 1.87. The minimum atomic E-state index is 0.641. The van der Waals surface area contributed by atoms with Crippen molar-refractivity contribution in [2.45, 2.75) is 0 Å². The molecule has 0 aliphatic heterocycles. The summed E-state index contributed by atoms with van der Waals surface area (Å²) in [4.78, 5) is 3.77. The molecule has 3 heterocycles. The zero-order chi connectivity index (χ0) is 31.1. The fourth-order valence-electron chi connectivity index (χ4n) is 7.50. The molecule has 10 rings (SSSR count). The highest BCUT2D eigenvalue weighted by Crippen LogP contribution is 2.44. The van der Waals surface area contributed by atoms with Gasteiger partial charge in [-0.1, -0.05) is 103 Å². The first-order chi connectivity index (χ1) is 23.3. The molecular formula is C43H25N3S. The van der Waals surface area contributed by atoms with E-state index in [1.54, 1.807) is 0 Å². The van der Waals surface area contributed by atoms with Crippen LogP contribution in [0, 0.1) is 6.57 Å². The van der Waals surface area contributed by atoms with Crippen LogP contribution in [0.4, 0.5) is 5.69 Å². The number of para-hydroxylation sites is 2. The van der Waals surface area contributed by atoms with Gasteiger partial charge in [-0.15, -0.1) is 11.3 Å². The van der Waals surface area contributed by atoms with Crippen LogP contribution >= 0.6 is 11.3 Å². The third-order valence-corrected chi connectivity index (χ3v) is 10.8. The topological polar surface area (TPSA) is 14.2 Å². The third kappa shape index (κ3) is 3.72. The fourth-order valence-corrected chi connectivity index (χ4v) is 8.74. The van der Waals surface area contributed by atoms with E-state index in [-0.39, 0.29) is 0 Å². The molecule has 0 amide bonds. The lowest BCUT2D eigenvalue weighted by Gasteiger charge is -2.11. The molecule has 0 radical (unpaired) electrons. The van der Waals surface area contributed by atoms with Crippen molar-refractivity contribution in [1.29, 1.82) is 0 Å². The lowest BCUT2D eigenvalue weighted by Crippen LogP contribution is -1.95. The van der Waals surface area contributed by atoms with Gasteiger partial charge >= 0.3 is 0 Å². The second-order valence-corrected chi connectivity index (χ2v) is 13.1. The van der Waals surface area contributed by atoms with Crippen molar-refractivity contribution in [3.8, 4) is 22.5 Å². The molecule has 0 bridgehead atoms. The molecule has 7 aromatic carbocycles. The van der Waals surface area contributed by atoms with Gasteiger partial charge in [0.2, 0.25) is 0 Å². The van der Waals surface area contributed by atoms with Crippen LogP contribution in [0.5, 0.6) is 0 Å². The molecule has 3 aromatic heterocycles. The molecular weight excluding hydrogens is 591 g/mol. The number of thiophene rings is 1. The summed E-state index contributed by atoms with van der Waals surface area (Å²) in [5.41, 5.74) is 9.86. The summed E-state index contributed by atoms with van der Waals surface area (Å²) in [5.74, 6) is 0. The Morgan fingerprint density at radius 1 is 0.489 bits per heavy atom. The molecule has 3 nitrogen and oxygen atoms in total. The molecule has 0 saturated heterocycles. The third-order valence-electron chi connectivity index (χ3n) is 9.53. The molecule has 0 unspecified atom stereocenters. The van der Waals surface area contributed by atoms with E-state index < -0.39 is 0 Å². The Bertz CT molecular complexity index is 2900. The van der Waals surface area contributed by atoms with E-state index in [1.165, 1.54) is 53.0 Å². The number of aromatic nitrogens is 2. The summed E-state index contributed by atoms with van der Waals surface area (Å²) in [6, 6.07) is 54.2. The minimum Gasteiger partial charge on any atom is -0.310 e.